The first-order chi connectivity index (χ1) is 16.1. The molecule has 33 heavy (non-hydrogen) atoms. The highest BCUT2D eigenvalue weighted by atomic mass is 32.2. The van der Waals surface area contributed by atoms with E-state index in [9.17, 15) is 14.9 Å². The minimum absolute atomic E-state index is 0.185. The Morgan fingerprint density at radius 2 is 1.73 bits per heavy atom. The average Bonchev–Trinajstić information content (AvgIpc) is 3.47. The number of ether oxygens (including phenoxy) is 1. The topological polar surface area (TPSA) is 115 Å². The number of thioether (sulfide) groups is 1. The first-order valence-electron chi connectivity index (χ1n) is 9.80. The van der Waals surface area contributed by atoms with Gasteiger partial charge in [0.15, 0.2) is 23.3 Å². The minimum atomic E-state index is -0.695. The van der Waals surface area contributed by atoms with E-state index in [-0.39, 0.29) is 17.1 Å². The van der Waals surface area contributed by atoms with Crippen LogP contribution in [0, 0.1) is 11.3 Å². The largest absolute Gasteiger partial charge is 0.451 e. The Hall–Kier alpha value is -4.36. The van der Waals surface area contributed by atoms with Crippen LogP contribution in [0.2, 0.25) is 0 Å². The molecular weight excluding hydrogens is 440 g/mol. The number of aromatic nitrogens is 4. The second kappa shape index (κ2) is 9.84. The number of hydrogen-bond acceptors (Lipinski definition) is 7. The van der Waals surface area contributed by atoms with E-state index in [1.165, 1.54) is 28.8 Å². The Morgan fingerprint density at radius 1 is 1.06 bits per heavy atom. The highest BCUT2D eigenvalue weighted by Crippen LogP contribution is 2.22. The highest BCUT2D eigenvalue weighted by molar-refractivity contribution is 7.98. The van der Waals surface area contributed by atoms with Crippen molar-refractivity contribution in [3.8, 4) is 17.4 Å². The number of benzene rings is 2. The molecule has 1 amide bonds. The van der Waals surface area contributed by atoms with Gasteiger partial charge >= 0.3 is 5.97 Å². The molecule has 0 unspecified atom stereocenters. The Morgan fingerprint density at radius 3 is 2.36 bits per heavy atom. The summed E-state index contributed by atoms with van der Waals surface area (Å²) in [6.07, 6.45) is 4.63. The zero-order chi connectivity index (χ0) is 23.2. The lowest BCUT2D eigenvalue weighted by Crippen LogP contribution is -2.23. The molecule has 2 aromatic carbocycles. The number of anilines is 1. The van der Waals surface area contributed by atoms with E-state index < -0.39 is 18.5 Å². The molecule has 4 rings (SSSR count). The van der Waals surface area contributed by atoms with Gasteiger partial charge in [-0.15, -0.1) is 0 Å². The SMILES string of the molecule is CSc1ncc(C(=O)OCC(=O)Nc2c(C#N)cnn2-c2ccccc2)n1-c1ccccc1. The standard InChI is InChI=1S/C23H18N6O3S/c1-33-23-25-14-19(28(23)17-8-4-2-5-9-17)22(31)32-15-20(30)27-21-16(12-24)13-26-29(21)18-10-6-3-7-11-18/h2-11,13-14H,15H2,1H3,(H,27,30). The molecule has 0 aliphatic heterocycles. The van der Waals surface area contributed by atoms with Gasteiger partial charge in [0, 0.05) is 5.69 Å². The van der Waals surface area contributed by atoms with Gasteiger partial charge in [-0.1, -0.05) is 48.2 Å². The van der Waals surface area contributed by atoms with Gasteiger partial charge in [0.25, 0.3) is 5.91 Å². The summed E-state index contributed by atoms with van der Waals surface area (Å²) in [6.45, 7) is -0.543. The lowest BCUT2D eigenvalue weighted by atomic mass is 10.3. The van der Waals surface area contributed by atoms with Crippen molar-refractivity contribution in [3.05, 3.63) is 84.3 Å². The van der Waals surface area contributed by atoms with Crippen LogP contribution in [0.5, 0.6) is 0 Å². The van der Waals surface area contributed by atoms with E-state index >= 15 is 0 Å². The van der Waals surface area contributed by atoms with Gasteiger partial charge in [-0.3, -0.25) is 9.36 Å². The molecule has 10 heteroatoms. The maximum absolute atomic E-state index is 12.7. The van der Waals surface area contributed by atoms with Crippen LogP contribution in [0.4, 0.5) is 5.82 Å². The lowest BCUT2D eigenvalue weighted by Gasteiger charge is -2.12. The molecule has 0 radical (unpaired) electrons. The van der Waals surface area contributed by atoms with E-state index in [0.717, 1.165) is 5.69 Å². The molecule has 0 bridgehead atoms. The molecule has 4 aromatic rings. The van der Waals surface area contributed by atoms with Crippen molar-refractivity contribution in [2.24, 2.45) is 0 Å². The highest BCUT2D eigenvalue weighted by Gasteiger charge is 2.21. The molecule has 9 nitrogen and oxygen atoms in total. The summed E-state index contributed by atoms with van der Waals surface area (Å²) in [4.78, 5) is 29.6. The Labute approximate surface area is 193 Å². The Balaban J connectivity index is 1.49. The van der Waals surface area contributed by atoms with E-state index in [2.05, 4.69) is 15.4 Å². The van der Waals surface area contributed by atoms with Crippen LogP contribution < -0.4 is 5.32 Å². The number of carbonyl (C=O) groups excluding carboxylic acids is 2. The van der Waals surface area contributed by atoms with Crippen molar-refractivity contribution in [1.29, 1.82) is 5.26 Å². The average molecular weight is 459 g/mol. The number of nitrogens with one attached hydrogen (secondary N) is 1. The predicted molar refractivity (Wildman–Crippen MR) is 123 cm³/mol. The fourth-order valence-corrected chi connectivity index (χ4v) is 3.68. The molecule has 0 saturated carbocycles. The number of imidazole rings is 1. The molecule has 164 valence electrons. The van der Waals surface area contributed by atoms with Crippen LogP contribution in [0.1, 0.15) is 16.1 Å². The van der Waals surface area contributed by atoms with Gasteiger partial charge in [-0.2, -0.15) is 10.4 Å². The molecule has 0 saturated heterocycles. The molecule has 0 fully saturated rings. The van der Waals surface area contributed by atoms with Crippen molar-refractivity contribution in [2.75, 3.05) is 18.2 Å². The summed E-state index contributed by atoms with van der Waals surface area (Å²) in [6, 6.07) is 20.3. The van der Waals surface area contributed by atoms with E-state index in [1.54, 1.807) is 16.7 Å². The molecule has 2 aromatic heterocycles. The normalized spacial score (nSPS) is 10.4. The second-order valence-corrected chi connectivity index (χ2v) is 7.46. The quantitative estimate of drug-likeness (QED) is 0.333. The third-order valence-corrected chi connectivity index (χ3v) is 5.27. The molecule has 0 atom stereocenters. The number of esters is 1. The van der Waals surface area contributed by atoms with E-state index in [4.69, 9.17) is 4.74 Å². The Bertz CT molecular complexity index is 1330. The monoisotopic (exact) mass is 458 g/mol. The van der Waals surface area contributed by atoms with Gasteiger partial charge in [-0.25, -0.2) is 14.5 Å². The van der Waals surface area contributed by atoms with Gasteiger partial charge in [0.05, 0.1) is 18.1 Å². The molecule has 0 spiro atoms. The van der Waals surface area contributed by atoms with Crippen LogP contribution in [0.25, 0.3) is 11.4 Å². The summed E-state index contributed by atoms with van der Waals surface area (Å²) in [5.41, 5.74) is 1.81. The van der Waals surface area contributed by atoms with Gasteiger partial charge in [-0.05, 0) is 30.5 Å². The number of nitrogens with zero attached hydrogens (tertiary/aromatic N) is 5. The zero-order valence-electron chi connectivity index (χ0n) is 17.5. The molecule has 0 aliphatic rings. The number of amides is 1. The number of hydrogen-bond donors (Lipinski definition) is 1. The van der Waals surface area contributed by atoms with Crippen molar-refractivity contribution in [2.45, 2.75) is 5.16 Å². The summed E-state index contributed by atoms with van der Waals surface area (Å²) < 4.78 is 8.35. The van der Waals surface area contributed by atoms with Crippen LogP contribution in [0.3, 0.4) is 0 Å². The van der Waals surface area contributed by atoms with Crippen molar-refractivity contribution in [1.82, 2.24) is 19.3 Å². The molecular formula is C23H18N6O3S. The third kappa shape index (κ3) is 4.63. The van der Waals surface area contributed by atoms with Crippen molar-refractivity contribution < 1.29 is 14.3 Å². The number of nitriles is 1. The van der Waals surface area contributed by atoms with E-state index in [0.29, 0.717) is 10.8 Å². The maximum atomic E-state index is 12.7. The van der Waals surface area contributed by atoms with Crippen LogP contribution in [-0.4, -0.2) is 44.1 Å². The van der Waals surface area contributed by atoms with E-state index in [1.807, 2.05) is 60.9 Å². The minimum Gasteiger partial charge on any atom is -0.451 e. The fraction of sp³-hybridized carbons (Fsp3) is 0.0870. The van der Waals surface area contributed by atoms with Crippen LogP contribution in [-0.2, 0) is 9.53 Å². The molecule has 1 N–H and O–H groups in total. The number of carbonyl (C=O) groups is 2. The second-order valence-electron chi connectivity index (χ2n) is 6.69. The lowest BCUT2D eigenvalue weighted by molar-refractivity contribution is -0.119. The number of para-hydroxylation sites is 2. The molecule has 2 heterocycles. The summed E-state index contributed by atoms with van der Waals surface area (Å²) in [5, 5.41) is 16.8. The van der Waals surface area contributed by atoms with Crippen molar-refractivity contribution >= 4 is 29.5 Å². The summed E-state index contributed by atoms with van der Waals surface area (Å²) in [7, 11) is 0. The van der Waals surface area contributed by atoms with Gasteiger partial charge < -0.3 is 10.1 Å². The fourth-order valence-electron chi connectivity index (χ4n) is 3.14. The number of rotatable bonds is 7. The smallest absolute Gasteiger partial charge is 0.357 e. The summed E-state index contributed by atoms with van der Waals surface area (Å²) in [5.74, 6) is -1.10. The molecule has 0 aliphatic carbocycles. The zero-order valence-corrected chi connectivity index (χ0v) is 18.3. The first-order valence-corrected chi connectivity index (χ1v) is 11.0. The van der Waals surface area contributed by atoms with Gasteiger partial charge in [0.2, 0.25) is 0 Å². The van der Waals surface area contributed by atoms with Crippen LogP contribution in [0.15, 0.2) is 78.2 Å². The first kappa shape index (κ1) is 21.9. The predicted octanol–water partition coefficient (Wildman–Crippen LogP) is 3.45. The maximum Gasteiger partial charge on any atom is 0.357 e. The third-order valence-electron chi connectivity index (χ3n) is 4.62. The summed E-state index contributed by atoms with van der Waals surface area (Å²) >= 11 is 1.38. The van der Waals surface area contributed by atoms with Gasteiger partial charge in [0.1, 0.15) is 11.6 Å². The van der Waals surface area contributed by atoms with Crippen LogP contribution >= 0.6 is 11.8 Å². The Kier molecular flexibility index (Phi) is 6.52. The van der Waals surface area contributed by atoms with Crippen molar-refractivity contribution in [3.63, 3.8) is 0 Å².